The number of thiophene rings is 1. The van der Waals surface area contributed by atoms with Gasteiger partial charge >= 0.3 is 0 Å². The van der Waals surface area contributed by atoms with Gasteiger partial charge in [-0.1, -0.05) is 24.3 Å². The molecule has 0 saturated heterocycles. The van der Waals surface area contributed by atoms with Gasteiger partial charge in [-0.15, -0.1) is 11.3 Å². The molecule has 3 N–H and O–H groups in total. The third-order valence-corrected chi connectivity index (χ3v) is 5.24. The molecule has 2 atom stereocenters. The van der Waals surface area contributed by atoms with Crippen LogP contribution in [0.15, 0.2) is 48.0 Å². The number of nitrogens with one attached hydrogen (secondary N) is 3. The number of H-pyrrole nitrogens is 1. The third-order valence-electron chi connectivity index (χ3n) is 4.26. The Bertz CT molecular complexity index is 794. The van der Waals surface area contributed by atoms with E-state index >= 15 is 0 Å². The van der Waals surface area contributed by atoms with Gasteiger partial charge in [0.25, 0.3) is 0 Å². The number of para-hydroxylation sites is 1. The zero-order chi connectivity index (χ0) is 16.9. The van der Waals surface area contributed by atoms with E-state index in [0.717, 1.165) is 12.1 Å². The number of hydrogen-bond acceptors (Lipinski definition) is 3. The Morgan fingerprint density at radius 3 is 2.83 bits per heavy atom. The van der Waals surface area contributed by atoms with Gasteiger partial charge in [-0.05, 0) is 36.9 Å². The first-order valence-corrected chi connectivity index (χ1v) is 9.19. The molecular weight excluding hydrogens is 318 g/mol. The van der Waals surface area contributed by atoms with Crippen LogP contribution in [0.4, 0.5) is 0 Å². The molecule has 126 valence electrons. The third kappa shape index (κ3) is 3.52. The molecular formula is C19H23N3OS. The Morgan fingerprint density at radius 2 is 2.08 bits per heavy atom. The van der Waals surface area contributed by atoms with Crippen LogP contribution >= 0.6 is 11.3 Å². The lowest BCUT2D eigenvalue weighted by atomic mass is 9.96. The van der Waals surface area contributed by atoms with Crippen LogP contribution in [0.2, 0.25) is 0 Å². The molecule has 3 aromatic rings. The molecule has 0 aliphatic carbocycles. The Hall–Kier alpha value is -2.11. The first-order valence-electron chi connectivity index (χ1n) is 8.31. The first kappa shape index (κ1) is 16.7. The molecule has 5 heteroatoms. The molecule has 4 nitrogen and oxygen atoms in total. The lowest BCUT2D eigenvalue weighted by Crippen LogP contribution is -2.43. The lowest BCUT2D eigenvalue weighted by molar-refractivity contribution is -0.122. The number of rotatable bonds is 7. The van der Waals surface area contributed by atoms with Gasteiger partial charge in [0.2, 0.25) is 5.91 Å². The van der Waals surface area contributed by atoms with Crippen molar-refractivity contribution in [3.05, 3.63) is 58.4 Å². The average molecular weight is 341 g/mol. The summed E-state index contributed by atoms with van der Waals surface area (Å²) in [7, 11) is 0. The molecule has 0 unspecified atom stereocenters. The number of aromatic nitrogens is 1. The van der Waals surface area contributed by atoms with Gasteiger partial charge in [-0.25, -0.2) is 0 Å². The van der Waals surface area contributed by atoms with Crippen LogP contribution in [0, 0.1) is 0 Å². The van der Waals surface area contributed by atoms with E-state index in [9.17, 15) is 4.79 Å². The minimum Gasteiger partial charge on any atom is -0.361 e. The Morgan fingerprint density at radius 1 is 1.25 bits per heavy atom. The number of benzene rings is 1. The highest BCUT2D eigenvalue weighted by Crippen LogP contribution is 2.32. The van der Waals surface area contributed by atoms with E-state index in [1.807, 2.05) is 19.9 Å². The standard InChI is InChI=1S/C19H23N3OS/c1-3-20-19(23)13(2)21-12-16(18-9-6-10-24-18)15-11-22-17-8-5-4-7-14(15)17/h4-11,13,16,21-22H,3,12H2,1-2H3,(H,20,23)/t13-,16+/m0/s1. The summed E-state index contributed by atoms with van der Waals surface area (Å²) in [5.74, 6) is 0.263. The fourth-order valence-electron chi connectivity index (χ4n) is 2.95. The smallest absolute Gasteiger partial charge is 0.236 e. The van der Waals surface area contributed by atoms with E-state index < -0.39 is 0 Å². The van der Waals surface area contributed by atoms with Crippen molar-refractivity contribution in [2.45, 2.75) is 25.8 Å². The molecule has 0 spiro atoms. The summed E-state index contributed by atoms with van der Waals surface area (Å²) in [6.45, 7) is 5.22. The van der Waals surface area contributed by atoms with Crippen molar-refractivity contribution in [2.75, 3.05) is 13.1 Å². The van der Waals surface area contributed by atoms with Crippen LogP contribution in [0.5, 0.6) is 0 Å². The monoisotopic (exact) mass is 341 g/mol. The molecule has 0 fully saturated rings. The fraction of sp³-hybridized carbons (Fsp3) is 0.316. The molecule has 2 heterocycles. The minimum absolute atomic E-state index is 0.0429. The molecule has 0 bridgehead atoms. The summed E-state index contributed by atoms with van der Waals surface area (Å²) in [6, 6.07) is 12.4. The van der Waals surface area contributed by atoms with E-state index in [0.29, 0.717) is 6.54 Å². The molecule has 1 amide bonds. The maximum atomic E-state index is 12.0. The van der Waals surface area contributed by atoms with Crippen LogP contribution in [0.25, 0.3) is 10.9 Å². The van der Waals surface area contributed by atoms with Gasteiger partial charge in [-0.3, -0.25) is 4.79 Å². The summed E-state index contributed by atoms with van der Waals surface area (Å²) in [5.41, 5.74) is 2.41. The second kappa shape index (κ2) is 7.64. The molecule has 3 rings (SSSR count). The predicted octanol–water partition coefficient (Wildman–Crippen LogP) is 3.48. The number of carbonyl (C=O) groups excluding carboxylic acids is 1. The highest BCUT2D eigenvalue weighted by molar-refractivity contribution is 7.10. The number of fused-ring (bicyclic) bond motifs is 1. The van der Waals surface area contributed by atoms with Crippen LogP contribution < -0.4 is 10.6 Å². The van der Waals surface area contributed by atoms with E-state index in [-0.39, 0.29) is 17.9 Å². The zero-order valence-corrected chi connectivity index (χ0v) is 14.8. The van der Waals surface area contributed by atoms with Crippen LogP contribution in [-0.4, -0.2) is 30.0 Å². The van der Waals surface area contributed by atoms with Crippen molar-refractivity contribution < 1.29 is 4.79 Å². The van der Waals surface area contributed by atoms with Gasteiger partial charge in [0.15, 0.2) is 0 Å². The van der Waals surface area contributed by atoms with E-state index in [2.05, 4.69) is 57.5 Å². The van der Waals surface area contributed by atoms with Gasteiger partial charge in [0.05, 0.1) is 6.04 Å². The van der Waals surface area contributed by atoms with Crippen molar-refractivity contribution in [1.82, 2.24) is 15.6 Å². The highest BCUT2D eigenvalue weighted by atomic mass is 32.1. The van der Waals surface area contributed by atoms with Gasteiger partial charge < -0.3 is 15.6 Å². The predicted molar refractivity (Wildman–Crippen MR) is 101 cm³/mol. The van der Waals surface area contributed by atoms with Crippen molar-refractivity contribution in [2.24, 2.45) is 0 Å². The van der Waals surface area contributed by atoms with Crippen molar-refractivity contribution >= 4 is 28.1 Å². The molecule has 0 radical (unpaired) electrons. The Balaban J connectivity index is 1.84. The lowest BCUT2D eigenvalue weighted by Gasteiger charge is -2.19. The normalized spacial score (nSPS) is 13.8. The topological polar surface area (TPSA) is 56.9 Å². The number of aromatic amines is 1. The van der Waals surface area contributed by atoms with Gasteiger partial charge in [-0.2, -0.15) is 0 Å². The van der Waals surface area contributed by atoms with Crippen LogP contribution in [0.1, 0.15) is 30.2 Å². The molecule has 1 aromatic carbocycles. The average Bonchev–Trinajstić information content (AvgIpc) is 3.25. The van der Waals surface area contributed by atoms with Gasteiger partial charge in [0.1, 0.15) is 0 Å². The van der Waals surface area contributed by atoms with Crippen molar-refractivity contribution in [3.63, 3.8) is 0 Å². The maximum absolute atomic E-state index is 12.0. The number of likely N-dealkylation sites (N-methyl/N-ethyl adjacent to an activating group) is 1. The first-order chi connectivity index (χ1) is 11.7. The fourth-order valence-corrected chi connectivity index (χ4v) is 3.80. The number of amides is 1. The summed E-state index contributed by atoms with van der Waals surface area (Å²) in [5, 5.41) is 9.59. The quantitative estimate of drug-likeness (QED) is 0.616. The van der Waals surface area contributed by atoms with Gasteiger partial charge in [0, 0.05) is 41.0 Å². The van der Waals surface area contributed by atoms with Crippen LogP contribution in [0.3, 0.4) is 0 Å². The molecule has 0 saturated carbocycles. The summed E-state index contributed by atoms with van der Waals surface area (Å²) < 4.78 is 0. The van der Waals surface area contributed by atoms with Crippen molar-refractivity contribution in [1.29, 1.82) is 0 Å². The maximum Gasteiger partial charge on any atom is 0.236 e. The van der Waals surface area contributed by atoms with E-state index in [4.69, 9.17) is 0 Å². The molecule has 24 heavy (non-hydrogen) atoms. The van der Waals surface area contributed by atoms with E-state index in [1.165, 1.54) is 15.8 Å². The zero-order valence-electron chi connectivity index (χ0n) is 14.0. The number of hydrogen-bond donors (Lipinski definition) is 3. The van der Waals surface area contributed by atoms with Crippen molar-refractivity contribution in [3.8, 4) is 0 Å². The largest absolute Gasteiger partial charge is 0.361 e. The van der Waals surface area contributed by atoms with E-state index in [1.54, 1.807) is 11.3 Å². The second-order valence-corrected chi connectivity index (χ2v) is 6.86. The summed E-state index contributed by atoms with van der Waals surface area (Å²) in [4.78, 5) is 16.6. The minimum atomic E-state index is -0.211. The summed E-state index contributed by atoms with van der Waals surface area (Å²) in [6.07, 6.45) is 2.09. The molecule has 0 aliphatic rings. The highest BCUT2D eigenvalue weighted by Gasteiger charge is 2.21. The Kier molecular flexibility index (Phi) is 5.33. The second-order valence-electron chi connectivity index (χ2n) is 5.88. The number of carbonyl (C=O) groups is 1. The Labute approximate surface area is 146 Å². The summed E-state index contributed by atoms with van der Waals surface area (Å²) >= 11 is 1.75. The SMILES string of the molecule is CCNC(=O)[C@H](C)NC[C@@H](c1cccs1)c1c[nH]c2ccccc12. The molecule has 2 aromatic heterocycles. The molecule has 0 aliphatic heterocycles. The van der Waals surface area contributed by atoms with Crippen LogP contribution in [-0.2, 0) is 4.79 Å².